The van der Waals surface area contributed by atoms with Crippen molar-refractivity contribution in [2.24, 2.45) is 0 Å². The molecule has 0 amide bonds. The van der Waals surface area contributed by atoms with E-state index in [1.165, 1.54) is 0 Å². The quantitative estimate of drug-likeness (QED) is 0.537. The highest BCUT2D eigenvalue weighted by molar-refractivity contribution is 6.16. The number of cyclic esters (lactones) is 1. The predicted octanol–water partition coefficient (Wildman–Crippen LogP) is 3.47. The van der Waals surface area contributed by atoms with Crippen molar-refractivity contribution >= 4 is 33.5 Å². The van der Waals surface area contributed by atoms with Crippen LogP contribution in [0.2, 0.25) is 0 Å². The van der Waals surface area contributed by atoms with Crippen LogP contribution in [0.15, 0.2) is 54.6 Å². The van der Waals surface area contributed by atoms with Crippen LogP contribution >= 0.6 is 0 Å². The van der Waals surface area contributed by atoms with Crippen molar-refractivity contribution in [3.8, 4) is 0 Å². The zero-order valence-corrected chi connectivity index (χ0v) is 12.3. The van der Waals surface area contributed by atoms with E-state index in [9.17, 15) is 9.59 Å². The molecule has 0 saturated carbocycles. The van der Waals surface area contributed by atoms with Gasteiger partial charge >= 0.3 is 11.9 Å². The first-order valence-electron chi connectivity index (χ1n) is 7.52. The summed E-state index contributed by atoms with van der Waals surface area (Å²) >= 11 is 0. The van der Waals surface area contributed by atoms with Gasteiger partial charge in [0, 0.05) is 6.42 Å². The molecule has 0 aromatic heterocycles. The fourth-order valence-electron chi connectivity index (χ4n) is 3.01. The highest BCUT2D eigenvalue weighted by Gasteiger charge is 2.31. The van der Waals surface area contributed by atoms with Gasteiger partial charge < -0.3 is 9.47 Å². The van der Waals surface area contributed by atoms with E-state index in [-0.39, 0.29) is 0 Å². The normalized spacial score (nSPS) is 17.4. The lowest BCUT2D eigenvalue weighted by Crippen LogP contribution is -2.23. The third kappa shape index (κ3) is 2.32. The van der Waals surface area contributed by atoms with Crippen molar-refractivity contribution < 1.29 is 19.1 Å². The fraction of sp³-hybridized carbons (Fsp3) is 0.158. The molecule has 1 fully saturated rings. The first-order chi connectivity index (χ1) is 11.2. The minimum Gasteiger partial charge on any atom is -0.463 e. The summed E-state index contributed by atoms with van der Waals surface area (Å²) < 4.78 is 10.3. The number of rotatable bonds is 2. The van der Waals surface area contributed by atoms with Gasteiger partial charge in [-0.15, -0.1) is 0 Å². The van der Waals surface area contributed by atoms with E-state index in [1.807, 2.05) is 54.6 Å². The van der Waals surface area contributed by atoms with Crippen molar-refractivity contribution in [1.29, 1.82) is 0 Å². The second-order valence-corrected chi connectivity index (χ2v) is 5.54. The zero-order chi connectivity index (χ0) is 15.8. The lowest BCUT2D eigenvalue weighted by molar-refractivity contribution is -0.145. The Labute approximate surface area is 132 Å². The molecule has 0 unspecified atom stereocenters. The molecule has 0 bridgehead atoms. The molecular weight excluding hydrogens is 292 g/mol. The van der Waals surface area contributed by atoms with Gasteiger partial charge in [-0.25, -0.2) is 9.59 Å². The summed E-state index contributed by atoms with van der Waals surface area (Å²) in [5.74, 6) is -0.954. The van der Waals surface area contributed by atoms with E-state index in [2.05, 4.69) is 0 Å². The summed E-state index contributed by atoms with van der Waals surface area (Å²) in [6.45, 7) is 0.299. The van der Waals surface area contributed by atoms with Crippen LogP contribution < -0.4 is 0 Å². The smallest absolute Gasteiger partial charge is 0.347 e. The number of fused-ring (bicyclic) bond motifs is 2. The first kappa shape index (κ1) is 13.8. The SMILES string of the molecule is O=C(O[C@@H]1CCOC1=O)c1c2ccccc2cc2ccccc12. The molecule has 23 heavy (non-hydrogen) atoms. The minimum absolute atomic E-state index is 0.299. The molecule has 3 aromatic rings. The van der Waals surface area contributed by atoms with Gasteiger partial charge in [-0.3, -0.25) is 0 Å². The first-order valence-corrected chi connectivity index (χ1v) is 7.52. The fourth-order valence-corrected chi connectivity index (χ4v) is 3.01. The molecule has 4 rings (SSSR count). The Bertz CT molecular complexity index is 875. The molecule has 4 heteroatoms. The van der Waals surface area contributed by atoms with Gasteiger partial charge in [0.15, 0.2) is 0 Å². The highest BCUT2D eigenvalue weighted by atomic mass is 16.6. The lowest BCUT2D eigenvalue weighted by atomic mass is 9.97. The second kappa shape index (κ2) is 5.39. The maximum atomic E-state index is 12.7. The molecule has 0 N–H and O–H groups in total. The molecule has 0 radical (unpaired) electrons. The van der Waals surface area contributed by atoms with Crippen molar-refractivity contribution in [1.82, 2.24) is 0 Å². The van der Waals surface area contributed by atoms with Gasteiger partial charge in [0.25, 0.3) is 0 Å². The molecule has 1 saturated heterocycles. The molecular formula is C19H14O4. The van der Waals surface area contributed by atoms with Gasteiger partial charge in [0.1, 0.15) is 0 Å². The maximum absolute atomic E-state index is 12.7. The standard InChI is InChI=1S/C19H14O4/c20-18-16(9-10-22-18)23-19(21)17-14-7-3-1-5-12(14)11-13-6-2-4-8-15(13)17/h1-8,11,16H,9-10H2/t16-/m1/s1. The van der Waals surface area contributed by atoms with Crippen LogP contribution in [0.25, 0.3) is 21.5 Å². The molecule has 1 aliphatic heterocycles. The third-order valence-electron chi connectivity index (χ3n) is 4.11. The number of ether oxygens (including phenoxy) is 2. The van der Waals surface area contributed by atoms with Gasteiger partial charge in [-0.05, 0) is 27.6 Å². The van der Waals surface area contributed by atoms with Crippen LogP contribution in [0.3, 0.4) is 0 Å². The third-order valence-corrected chi connectivity index (χ3v) is 4.11. The Morgan fingerprint density at radius 1 is 1.00 bits per heavy atom. The lowest BCUT2D eigenvalue weighted by Gasteiger charge is -2.13. The number of hydrogen-bond donors (Lipinski definition) is 0. The van der Waals surface area contributed by atoms with Crippen molar-refractivity contribution in [2.45, 2.75) is 12.5 Å². The second-order valence-electron chi connectivity index (χ2n) is 5.54. The van der Waals surface area contributed by atoms with Gasteiger partial charge in [0.2, 0.25) is 6.10 Å². The van der Waals surface area contributed by atoms with Gasteiger partial charge in [-0.2, -0.15) is 0 Å². The topological polar surface area (TPSA) is 52.6 Å². The van der Waals surface area contributed by atoms with Crippen LogP contribution in [0.1, 0.15) is 16.8 Å². The summed E-state index contributed by atoms with van der Waals surface area (Å²) in [6.07, 6.45) is -0.395. The van der Waals surface area contributed by atoms with Crippen molar-refractivity contribution in [3.05, 3.63) is 60.2 Å². The van der Waals surface area contributed by atoms with Crippen LogP contribution in [0.4, 0.5) is 0 Å². The van der Waals surface area contributed by atoms with E-state index in [4.69, 9.17) is 9.47 Å². The Hall–Kier alpha value is -2.88. The van der Waals surface area contributed by atoms with E-state index >= 15 is 0 Å². The summed E-state index contributed by atoms with van der Waals surface area (Å²) in [5.41, 5.74) is 0.499. The summed E-state index contributed by atoms with van der Waals surface area (Å²) in [7, 11) is 0. The predicted molar refractivity (Wildman–Crippen MR) is 86.2 cm³/mol. The monoisotopic (exact) mass is 306 g/mol. The number of hydrogen-bond acceptors (Lipinski definition) is 4. The molecule has 0 aliphatic carbocycles. The number of esters is 2. The average Bonchev–Trinajstić information content (AvgIpc) is 2.97. The van der Waals surface area contributed by atoms with Crippen molar-refractivity contribution in [2.75, 3.05) is 6.61 Å². The molecule has 4 nitrogen and oxygen atoms in total. The Morgan fingerprint density at radius 2 is 1.61 bits per heavy atom. The summed E-state index contributed by atoms with van der Waals surface area (Å²) in [5, 5.41) is 3.57. The molecule has 0 spiro atoms. The molecule has 1 heterocycles. The molecule has 1 aliphatic rings. The molecule has 114 valence electrons. The van der Waals surface area contributed by atoms with Crippen LogP contribution in [-0.2, 0) is 14.3 Å². The minimum atomic E-state index is -0.805. The Morgan fingerprint density at radius 3 is 2.17 bits per heavy atom. The van der Waals surface area contributed by atoms with E-state index < -0.39 is 18.0 Å². The highest BCUT2D eigenvalue weighted by Crippen LogP contribution is 2.29. The van der Waals surface area contributed by atoms with E-state index in [0.29, 0.717) is 18.6 Å². The summed E-state index contributed by atoms with van der Waals surface area (Å²) in [6, 6.07) is 17.4. The molecule has 3 aromatic carbocycles. The van der Waals surface area contributed by atoms with Gasteiger partial charge in [0.05, 0.1) is 12.2 Å². The molecule has 1 atom stereocenters. The van der Waals surface area contributed by atoms with E-state index in [0.717, 1.165) is 21.5 Å². The Balaban J connectivity index is 1.88. The maximum Gasteiger partial charge on any atom is 0.347 e. The summed E-state index contributed by atoms with van der Waals surface area (Å²) in [4.78, 5) is 24.3. The number of carbonyl (C=O) groups excluding carboxylic acids is 2. The van der Waals surface area contributed by atoms with Crippen LogP contribution in [0, 0.1) is 0 Å². The van der Waals surface area contributed by atoms with Crippen LogP contribution in [-0.4, -0.2) is 24.6 Å². The van der Waals surface area contributed by atoms with E-state index in [1.54, 1.807) is 0 Å². The van der Waals surface area contributed by atoms with Crippen molar-refractivity contribution in [3.63, 3.8) is 0 Å². The largest absolute Gasteiger partial charge is 0.463 e. The average molecular weight is 306 g/mol. The number of carbonyl (C=O) groups is 2. The van der Waals surface area contributed by atoms with Gasteiger partial charge in [-0.1, -0.05) is 48.5 Å². The Kier molecular flexibility index (Phi) is 3.23. The van der Waals surface area contributed by atoms with Crippen LogP contribution in [0.5, 0.6) is 0 Å². The zero-order valence-electron chi connectivity index (χ0n) is 12.3. The number of benzene rings is 3.